The van der Waals surface area contributed by atoms with Gasteiger partial charge in [0.1, 0.15) is 5.75 Å². The number of benzene rings is 2. The molecule has 0 unspecified atom stereocenters. The van der Waals surface area contributed by atoms with E-state index in [2.05, 4.69) is 5.32 Å². The fourth-order valence-corrected chi connectivity index (χ4v) is 1.87. The molecule has 0 spiro atoms. The molecule has 0 saturated carbocycles. The Hall–Kier alpha value is -2.46. The zero-order valence-electron chi connectivity index (χ0n) is 11.5. The van der Waals surface area contributed by atoms with Gasteiger partial charge >= 0.3 is 0 Å². The zero-order chi connectivity index (χ0) is 15.2. The number of hydrogen-bond acceptors (Lipinski definition) is 3. The third-order valence-corrected chi connectivity index (χ3v) is 3.03. The van der Waals surface area contributed by atoms with E-state index in [4.69, 9.17) is 22.1 Å². The van der Waals surface area contributed by atoms with Gasteiger partial charge in [0.25, 0.3) is 0 Å². The zero-order valence-corrected chi connectivity index (χ0v) is 12.2. The summed E-state index contributed by atoms with van der Waals surface area (Å²) in [6.45, 7) is 0. The smallest absolute Gasteiger partial charge is 0.248 e. The van der Waals surface area contributed by atoms with Gasteiger partial charge in [-0.1, -0.05) is 23.7 Å². The third kappa shape index (κ3) is 4.26. The third-order valence-electron chi connectivity index (χ3n) is 2.78. The molecule has 2 aromatic rings. The highest BCUT2D eigenvalue weighted by Gasteiger charge is 2.05. The number of methoxy groups -OCH3 is 1. The lowest BCUT2D eigenvalue weighted by Crippen LogP contribution is -2.09. The van der Waals surface area contributed by atoms with E-state index in [9.17, 15) is 4.79 Å². The van der Waals surface area contributed by atoms with Gasteiger partial charge in [-0.05, 0) is 42.0 Å². The summed E-state index contributed by atoms with van der Waals surface area (Å²) in [6, 6.07) is 12.2. The summed E-state index contributed by atoms with van der Waals surface area (Å²) < 4.78 is 5.17. The topological polar surface area (TPSA) is 64.3 Å². The maximum Gasteiger partial charge on any atom is 0.248 e. The summed E-state index contributed by atoms with van der Waals surface area (Å²) in [5.74, 6) is 0.284. The van der Waals surface area contributed by atoms with Crippen LogP contribution in [0.5, 0.6) is 5.75 Å². The van der Waals surface area contributed by atoms with Crippen molar-refractivity contribution in [3.63, 3.8) is 0 Å². The molecule has 4 nitrogen and oxygen atoms in total. The van der Waals surface area contributed by atoms with Crippen LogP contribution in [0.15, 0.2) is 48.5 Å². The molecule has 0 fully saturated rings. The van der Waals surface area contributed by atoms with Crippen molar-refractivity contribution in [3.8, 4) is 5.75 Å². The van der Waals surface area contributed by atoms with Gasteiger partial charge in [-0.25, -0.2) is 0 Å². The number of carbonyl (C=O) groups is 1. The van der Waals surface area contributed by atoms with E-state index in [1.165, 1.54) is 13.2 Å². The quantitative estimate of drug-likeness (QED) is 0.670. The fourth-order valence-electron chi connectivity index (χ4n) is 1.74. The van der Waals surface area contributed by atoms with Crippen LogP contribution in [0.1, 0.15) is 5.56 Å². The van der Waals surface area contributed by atoms with Crippen molar-refractivity contribution < 1.29 is 9.53 Å². The average Bonchev–Trinajstić information content (AvgIpc) is 2.47. The van der Waals surface area contributed by atoms with E-state index in [0.717, 1.165) is 5.56 Å². The van der Waals surface area contributed by atoms with Gasteiger partial charge < -0.3 is 15.8 Å². The van der Waals surface area contributed by atoms with Gasteiger partial charge in [0, 0.05) is 16.8 Å². The maximum atomic E-state index is 11.9. The van der Waals surface area contributed by atoms with Crippen LogP contribution >= 0.6 is 11.6 Å². The average molecular weight is 303 g/mol. The van der Waals surface area contributed by atoms with Crippen LogP contribution in [0.25, 0.3) is 6.08 Å². The molecule has 21 heavy (non-hydrogen) atoms. The number of ether oxygens (including phenoxy) is 1. The maximum absolute atomic E-state index is 11.9. The van der Waals surface area contributed by atoms with Crippen LogP contribution in [-0.4, -0.2) is 13.0 Å². The van der Waals surface area contributed by atoms with Gasteiger partial charge in [0.15, 0.2) is 0 Å². The fraction of sp³-hybridized carbons (Fsp3) is 0.0625. The van der Waals surface area contributed by atoms with Crippen LogP contribution in [0, 0.1) is 0 Å². The van der Waals surface area contributed by atoms with Crippen LogP contribution in [0.2, 0.25) is 5.02 Å². The first-order valence-corrected chi connectivity index (χ1v) is 6.64. The molecule has 5 heteroatoms. The number of carbonyl (C=O) groups excluding carboxylic acids is 1. The minimum Gasteiger partial charge on any atom is -0.495 e. The van der Waals surface area contributed by atoms with E-state index in [1.807, 2.05) is 12.1 Å². The van der Waals surface area contributed by atoms with E-state index in [-0.39, 0.29) is 5.91 Å². The number of nitrogens with one attached hydrogen (secondary N) is 1. The Morgan fingerprint density at radius 1 is 1.24 bits per heavy atom. The number of rotatable bonds is 4. The standard InChI is InChI=1S/C16H15ClN2O2/c1-21-15-8-7-13(18)10-14(15)19-16(20)9-4-11-2-5-12(17)6-3-11/h2-10H,18H2,1H3,(H,19,20)/b9-4+. The molecule has 0 aliphatic rings. The number of halogens is 1. The lowest BCUT2D eigenvalue weighted by Gasteiger charge is -2.09. The largest absolute Gasteiger partial charge is 0.495 e. The first-order chi connectivity index (χ1) is 10.1. The minimum atomic E-state index is -0.270. The molecule has 2 rings (SSSR count). The Balaban J connectivity index is 2.08. The minimum absolute atomic E-state index is 0.270. The van der Waals surface area contributed by atoms with Crippen molar-refractivity contribution in [3.05, 3.63) is 59.1 Å². The van der Waals surface area contributed by atoms with Gasteiger partial charge in [-0.2, -0.15) is 0 Å². The SMILES string of the molecule is COc1ccc(N)cc1NC(=O)/C=C/c1ccc(Cl)cc1. The van der Waals surface area contributed by atoms with Crippen LogP contribution < -0.4 is 15.8 Å². The van der Waals surface area contributed by atoms with Gasteiger partial charge in [-0.3, -0.25) is 4.79 Å². The Kier molecular flexibility index (Phi) is 4.85. The molecule has 0 bridgehead atoms. The molecule has 3 N–H and O–H groups in total. The lowest BCUT2D eigenvalue weighted by atomic mass is 10.2. The van der Waals surface area contributed by atoms with E-state index in [0.29, 0.717) is 22.1 Å². The summed E-state index contributed by atoms with van der Waals surface area (Å²) >= 11 is 5.80. The molecule has 108 valence electrons. The molecule has 2 aromatic carbocycles. The second-order valence-electron chi connectivity index (χ2n) is 4.33. The number of nitrogen functional groups attached to an aromatic ring is 1. The normalized spacial score (nSPS) is 10.6. The predicted octanol–water partition coefficient (Wildman–Crippen LogP) is 3.58. The Morgan fingerprint density at radius 3 is 2.62 bits per heavy atom. The predicted molar refractivity (Wildman–Crippen MR) is 86.5 cm³/mol. The van der Waals surface area contributed by atoms with Crippen molar-refractivity contribution in [1.82, 2.24) is 0 Å². The monoisotopic (exact) mass is 302 g/mol. The van der Waals surface area contributed by atoms with Crippen LogP contribution in [-0.2, 0) is 4.79 Å². The molecule has 0 saturated heterocycles. The molecule has 0 aromatic heterocycles. The first-order valence-electron chi connectivity index (χ1n) is 6.26. The van der Waals surface area contributed by atoms with E-state index in [1.54, 1.807) is 36.4 Å². The second-order valence-corrected chi connectivity index (χ2v) is 4.77. The van der Waals surface area contributed by atoms with Gasteiger partial charge in [-0.15, -0.1) is 0 Å². The molecule has 0 atom stereocenters. The number of amides is 1. The van der Waals surface area contributed by atoms with Crippen molar-refractivity contribution in [2.24, 2.45) is 0 Å². The lowest BCUT2D eigenvalue weighted by molar-refractivity contribution is -0.111. The number of nitrogens with two attached hydrogens (primary N) is 1. The highest BCUT2D eigenvalue weighted by molar-refractivity contribution is 6.30. The summed E-state index contributed by atoms with van der Waals surface area (Å²) in [5, 5.41) is 3.38. The Morgan fingerprint density at radius 2 is 1.95 bits per heavy atom. The highest BCUT2D eigenvalue weighted by atomic mass is 35.5. The van der Waals surface area contributed by atoms with Gasteiger partial charge in [0.05, 0.1) is 12.8 Å². The molecule has 0 heterocycles. The highest BCUT2D eigenvalue weighted by Crippen LogP contribution is 2.26. The van der Waals surface area contributed by atoms with Crippen LogP contribution in [0.4, 0.5) is 11.4 Å². The van der Waals surface area contributed by atoms with Crippen molar-refractivity contribution in [2.45, 2.75) is 0 Å². The van der Waals surface area contributed by atoms with E-state index < -0.39 is 0 Å². The summed E-state index contributed by atoms with van der Waals surface area (Å²) in [4.78, 5) is 11.9. The molecule has 0 aliphatic carbocycles. The van der Waals surface area contributed by atoms with Gasteiger partial charge in [0.2, 0.25) is 5.91 Å². The molecular formula is C16H15ClN2O2. The van der Waals surface area contributed by atoms with Crippen LogP contribution in [0.3, 0.4) is 0 Å². The molecule has 0 radical (unpaired) electrons. The van der Waals surface area contributed by atoms with Crippen molar-refractivity contribution in [2.75, 3.05) is 18.2 Å². The van der Waals surface area contributed by atoms with E-state index >= 15 is 0 Å². The number of anilines is 2. The van der Waals surface area contributed by atoms with Crippen molar-refractivity contribution >= 4 is 35.0 Å². The molecular weight excluding hydrogens is 288 g/mol. The Bertz CT molecular complexity index is 666. The first kappa shape index (κ1) is 14.9. The summed E-state index contributed by atoms with van der Waals surface area (Å²) in [6.07, 6.45) is 3.14. The number of hydrogen-bond donors (Lipinski definition) is 2. The Labute approximate surface area is 128 Å². The summed E-state index contributed by atoms with van der Waals surface area (Å²) in [7, 11) is 1.53. The molecule has 1 amide bonds. The second kappa shape index (κ2) is 6.81. The summed E-state index contributed by atoms with van der Waals surface area (Å²) in [5.41, 5.74) is 7.66. The van der Waals surface area contributed by atoms with Crippen molar-refractivity contribution in [1.29, 1.82) is 0 Å². The molecule has 0 aliphatic heterocycles.